The zero-order valence-corrected chi connectivity index (χ0v) is 12.5. The molecule has 0 aliphatic heterocycles. The first-order chi connectivity index (χ1) is 9.54. The monoisotopic (exact) mass is 269 g/mol. The minimum Gasteiger partial charge on any atom is -0.399 e. The number of nitrogens with two attached hydrogens (primary N) is 1. The number of rotatable bonds is 2. The molecular formula is C17H23N3. The summed E-state index contributed by atoms with van der Waals surface area (Å²) in [7, 11) is 0. The van der Waals surface area contributed by atoms with E-state index >= 15 is 0 Å². The zero-order chi connectivity index (χ0) is 14.3. The first-order valence-corrected chi connectivity index (χ1v) is 7.48. The summed E-state index contributed by atoms with van der Waals surface area (Å²) in [6.07, 6.45) is 2.55. The normalized spacial score (nSPS) is 26.1. The van der Waals surface area contributed by atoms with Crippen LogP contribution in [0.15, 0.2) is 24.3 Å². The molecule has 0 amide bonds. The fourth-order valence-electron chi connectivity index (χ4n) is 3.26. The van der Waals surface area contributed by atoms with Crippen molar-refractivity contribution in [2.45, 2.75) is 39.7 Å². The van der Waals surface area contributed by atoms with Crippen molar-refractivity contribution in [3.8, 4) is 0 Å². The molecule has 1 aliphatic carbocycles. The Morgan fingerprint density at radius 3 is 2.70 bits per heavy atom. The summed E-state index contributed by atoms with van der Waals surface area (Å²) in [5.74, 6) is 1.51. The van der Waals surface area contributed by atoms with Crippen LogP contribution >= 0.6 is 0 Å². The SMILES string of the molecule is Cc1cc(NC2CCC(C)C2C)c2cc(N)ccc2n1. The largest absolute Gasteiger partial charge is 0.399 e. The summed E-state index contributed by atoms with van der Waals surface area (Å²) in [6.45, 7) is 6.74. The molecule has 1 saturated carbocycles. The second kappa shape index (κ2) is 4.97. The maximum atomic E-state index is 5.93. The molecule has 106 valence electrons. The average Bonchev–Trinajstić information content (AvgIpc) is 2.71. The molecule has 3 nitrogen and oxygen atoms in total. The highest BCUT2D eigenvalue weighted by atomic mass is 14.9. The Labute approximate surface area is 120 Å². The van der Waals surface area contributed by atoms with Crippen molar-refractivity contribution < 1.29 is 0 Å². The molecule has 3 unspecified atom stereocenters. The number of pyridine rings is 1. The van der Waals surface area contributed by atoms with Gasteiger partial charge in [0.25, 0.3) is 0 Å². The van der Waals surface area contributed by atoms with Gasteiger partial charge in [-0.05, 0) is 55.9 Å². The first-order valence-electron chi connectivity index (χ1n) is 7.48. The maximum absolute atomic E-state index is 5.93. The van der Waals surface area contributed by atoms with E-state index in [2.05, 4.69) is 30.2 Å². The van der Waals surface area contributed by atoms with Crippen molar-refractivity contribution in [2.24, 2.45) is 11.8 Å². The van der Waals surface area contributed by atoms with Crippen molar-refractivity contribution in [3.05, 3.63) is 30.0 Å². The second-order valence-corrected chi connectivity index (χ2v) is 6.25. The van der Waals surface area contributed by atoms with Crippen LogP contribution in [-0.4, -0.2) is 11.0 Å². The van der Waals surface area contributed by atoms with Gasteiger partial charge in [-0.2, -0.15) is 0 Å². The fraction of sp³-hybridized carbons (Fsp3) is 0.471. The van der Waals surface area contributed by atoms with E-state index in [0.29, 0.717) is 12.0 Å². The summed E-state index contributed by atoms with van der Waals surface area (Å²) in [5.41, 5.74) is 9.95. The summed E-state index contributed by atoms with van der Waals surface area (Å²) in [4.78, 5) is 4.59. The van der Waals surface area contributed by atoms with Gasteiger partial charge in [-0.1, -0.05) is 13.8 Å². The van der Waals surface area contributed by atoms with E-state index in [1.807, 2.05) is 25.1 Å². The molecule has 1 aromatic carbocycles. The van der Waals surface area contributed by atoms with Crippen LogP contribution in [0.4, 0.5) is 11.4 Å². The van der Waals surface area contributed by atoms with Gasteiger partial charge in [0.1, 0.15) is 0 Å². The van der Waals surface area contributed by atoms with Crippen LogP contribution in [0.5, 0.6) is 0 Å². The van der Waals surface area contributed by atoms with Gasteiger partial charge in [0.05, 0.1) is 5.52 Å². The number of nitrogen functional groups attached to an aromatic ring is 1. The second-order valence-electron chi connectivity index (χ2n) is 6.25. The molecule has 3 heteroatoms. The molecule has 0 radical (unpaired) electrons. The third-order valence-electron chi connectivity index (χ3n) is 4.77. The molecular weight excluding hydrogens is 246 g/mol. The van der Waals surface area contributed by atoms with Crippen LogP contribution in [0.1, 0.15) is 32.4 Å². The zero-order valence-electron chi connectivity index (χ0n) is 12.5. The summed E-state index contributed by atoms with van der Waals surface area (Å²) >= 11 is 0. The lowest BCUT2D eigenvalue weighted by atomic mass is 9.97. The first kappa shape index (κ1) is 13.2. The molecule has 3 N–H and O–H groups in total. The highest BCUT2D eigenvalue weighted by molar-refractivity contribution is 5.93. The number of anilines is 2. The topological polar surface area (TPSA) is 50.9 Å². The molecule has 20 heavy (non-hydrogen) atoms. The standard InChI is InChI=1S/C17H23N3/c1-10-4-6-15(12(10)3)20-17-8-11(2)19-16-7-5-13(18)9-14(16)17/h5,7-10,12,15H,4,6,18H2,1-3H3,(H,19,20). The smallest absolute Gasteiger partial charge is 0.0727 e. The highest BCUT2D eigenvalue weighted by Crippen LogP contribution is 2.35. The lowest BCUT2D eigenvalue weighted by Crippen LogP contribution is -2.24. The molecule has 3 rings (SSSR count). The van der Waals surface area contributed by atoms with E-state index < -0.39 is 0 Å². The van der Waals surface area contributed by atoms with Crippen molar-refractivity contribution in [1.82, 2.24) is 4.98 Å². The lowest BCUT2D eigenvalue weighted by Gasteiger charge is -2.22. The highest BCUT2D eigenvalue weighted by Gasteiger charge is 2.29. The Kier molecular flexibility index (Phi) is 3.28. The minimum atomic E-state index is 0.552. The fourth-order valence-corrected chi connectivity index (χ4v) is 3.26. The minimum absolute atomic E-state index is 0.552. The quantitative estimate of drug-likeness (QED) is 0.811. The number of aryl methyl sites for hydroxylation is 1. The van der Waals surface area contributed by atoms with E-state index in [1.54, 1.807) is 0 Å². The molecule has 1 aliphatic rings. The van der Waals surface area contributed by atoms with Crippen LogP contribution in [0.2, 0.25) is 0 Å². The van der Waals surface area contributed by atoms with Crippen molar-refractivity contribution in [2.75, 3.05) is 11.1 Å². The van der Waals surface area contributed by atoms with Crippen molar-refractivity contribution in [3.63, 3.8) is 0 Å². The average molecular weight is 269 g/mol. The van der Waals surface area contributed by atoms with Crippen LogP contribution < -0.4 is 11.1 Å². The van der Waals surface area contributed by atoms with E-state index in [1.165, 1.54) is 18.5 Å². The molecule has 0 bridgehead atoms. The predicted molar refractivity (Wildman–Crippen MR) is 85.9 cm³/mol. The van der Waals surface area contributed by atoms with Gasteiger partial charge in [-0.25, -0.2) is 0 Å². The van der Waals surface area contributed by atoms with Gasteiger partial charge in [-0.3, -0.25) is 4.98 Å². The number of hydrogen-bond donors (Lipinski definition) is 2. The number of nitrogens with one attached hydrogen (secondary N) is 1. The van der Waals surface area contributed by atoms with E-state index in [-0.39, 0.29) is 0 Å². The van der Waals surface area contributed by atoms with Gasteiger partial charge in [0.15, 0.2) is 0 Å². The summed E-state index contributed by atoms with van der Waals surface area (Å²) < 4.78 is 0. The Bertz CT molecular complexity index is 635. The molecule has 3 atom stereocenters. The number of benzene rings is 1. The maximum Gasteiger partial charge on any atom is 0.0727 e. The van der Waals surface area contributed by atoms with Crippen LogP contribution in [0, 0.1) is 18.8 Å². The third-order valence-corrected chi connectivity index (χ3v) is 4.77. The van der Waals surface area contributed by atoms with E-state index in [9.17, 15) is 0 Å². The Morgan fingerprint density at radius 2 is 2.00 bits per heavy atom. The summed E-state index contributed by atoms with van der Waals surface area (Å²) in [5, 5.41) is 4.86. The molecule has 1 fully saturated rings. The molecule has 0 saturated heterocycles. The van der Waals surface area contributed by atoms with Crippen molar-refractivity contribution in [1.29, 1.82) is 0 Å². The third kappa shape index (κ3) is 2.33. The van der Waals surface area contributed by atoms with E-state index in [0.717, 1.165) is 28.2 Å². The molecule has 2 aromatic rings. The predicted octanol–water partition coefficient (Wildman–Crippen LogP) is 3.97. The number of aromatic nitrogens is 1. The van der Waals surface area contributed by atoms with E-state index in [4.69, 9.17) is 5.73 Å². The van der Waals surface area contributed by atoms with Gasteiger partial charge in [0.2, 0.25) is 0 Å². The Morgan fingerprint density at radius 1 is 1.20 bits per heavy atom. The van der Waals surface area contributed by atoms with Crippen LogP contribution in [-0.2, 0) is 0 Å². The Balaban J connectivity index is 2.00. The number of fused-ring (bicyclic) bond motifs is 1. The lowest BCUT2D eigenvalue weighted by molar-refractivity contribution is 0.435. The van der Waals surface area contributed by atoms with Gasteiger partial charge in [-0.15, -0.1) is 0 Å². The molecule has 0 spiro atoms. The number of hydrogen-bond acceptors (Lipinski definition) is 3. The summed E-state index contributed by atoms with van der Waals surface area (Å²) in [6, 6.07) is 8.63. The Hall–Kier alpha value is -1.77. The number of nitrogens with zero attached hydrogens (tertiary/aromatic N) is 1. The van der Waals surface area contributed by atoms with Gasteiger partial charge in [0, 0.05) is 28.5 Å². The van der Waals surface area contributed by atoms with Gasteiger partial charge < -0.3 is 11.1 Å². The molecule has 1 heterocycles. The van der Waals surface area contributed by atoms with Crippen molar-refractivity contribution >= 4 is 22.3 Å². The molecule has 1 aromatic heterocycles. The van der Waals surface area contributed by atoms with Gasteiger partial charge >= 0.3 is 0 Å². The van der Waals surface area contributed by atoms with Crippen LogP contribution in [0.25, 0.3) is 10.9 Å². The van der Waals surface area contributed by atoms with Crippen LogP contribution in [0.3, 0.4) is 0 Å².